The summed E-state index contributed by atoms with van der Waals surface area (Å²) in [6.45, 7) is 3.70. The van der Waals surface area contributed by atoms with Crippen LogP contribution in [-0.2, 0) is 0 Å². The Morgan fingerprint density at radius 3 is 2.62 bits per heavy atom. The lowest BCUT2D eigenvalue weighted by atomic mass is 10.1. The van der Waals surface area contributed by atoms with Crippen LogP contribution in [0.25, 0.3) is 0 Å². The maximum absolute atomic E-state index is 3.54. The number of hydrogen-bond acceptors (Lipinski definition) is 2. The molecule has 2 N–H and O–H groups in total. The molecule has 2 aliphatic rings. The highest BCUT2D eigenvalue weighted by molar-refractivity contribution is 4.76. The quantitative estimate of drug-likeness (QED) is 0.609. The average molecular weight is 182 g/mol. The van der Waals surface area contributed by atoms with Crippen molar-refractivity contribution in [1.82, 2.24) is 10.6 Å². The van der Waals surface area contributed by atoms with Crippen LogP contribution in [0.3, 0.4) is 0 Å². The van der Waals surface area contributed by atoms with Crippen molar-refractivity contribution in [2.75, 3.05) is 19.6 Å². The molecule has 0 aromatic rings. The summed E-state index contributed by atoms with van der Waals surface area (Å²) in [6.07, 6.45) is 8.50. The lowest BCUT2D eigenvalue weighted by molar-refractivity contribution is 0.513. The van der Waals surface area contributed by atoms with Gasteiger partial charge in [-0.25, -0.2) is 0 Å². The average Bonchev–Trinajstić information content (AvgIpc) is 2.81. The minimum absolute atomic E-state index is 0.813. The van der Waals surface area contributed by atoms with Crippen LogP contribution >= 0.6 is 0 Å². The zero-order valence-corrected chi connectivity index (χ0v) is 8.52. The van der Waals surface area contributed by atoms with E-state index in [9.17, 15) is 0 Å². The summed E-state index contributed by atoms with van der Waals surface area (Å²) in [7, 11) is 0. The third-order valence-corrected chi connectivity index (χ3v) is 3.26. The van der Waals surface area contributed by atoms with Crippen LogP contribution in [0, 0.1) is 5.92 Å². The van der Waals surface area contributed by atoms with E-state index in [1.165, 1.54) is 58.2 Å². The van der Waals surface area contributed by atoms with Crippen molar-refractivity contribution >= 4 is 0 Å². The molecule has 0 radical (unpaired) electrons. The molecule has 13 heavy (non-hydrogen) atoms. The SMILES string of the molecule is C1CNC(CCNCCC2CC2)C1. The lowest BCUT2D eigenvalue weighted by Gasteiger charge is -2.10. The summed E-state index contributed by atoms with van der Waals surface area (Å²) in [4.78, 5) is 0. The van der Waals surface area contributed by atoms with Crippen LogP contribution in [-0.4, -0.2) is 25.7 Å². The van der Waals surface area contributed by atoms with Crippen molar-refractivity contribution < 1.29 is 0 Å². The molecular formula is C11H22N2. The van der Waals surface area contributed by atoms with E-state index in [0.717, 1.165) is 12.0 Å². The van der Waals surface area contributed by atoms with Gasteiger partial charge in [-0.05, 0) is 51.2 Å². The van der Waals surface area contributed by atoms with Crippen LogP contribution < -0.4 is 10.6 Å². The summed E-state index contributed by atoms with van der Waals surface area (Å²) < 4.78 is 0. The predicted octanol–water partition coefficient (Wildman–Crippen LogP) is 1.52. The Morgan fingerprint density at radius 1 is 1.08 bits per heavy atom. The molecule has 76 valence electrons. The fraction of sp³-hybridized carbons (Fsp3) is 1.00. The molecular weight excluding hydrogens is 160 g/mol. The normalized spacial score (nSPS) is 28.2. The Bertz CT molecular complexity index is 137. The zero-order valence-electron chi connectivity index (χ0n) is 8.52. The molecule has 0 spiro atoms. The minimum atomic E-state index is 0.813. The van der Waals surface area contributed by atoms with E-state index in [2.05, 4.69) is 10.6 Å². The van der Waals surface area contributed by atoms with E-state index >= 15 is 0 Å². The molecule has 0 aromatic carbocycles. The third-order valence-electron chi connectivity index (χ3n) is 3.26. The van der Waals surface area contributed by atoms with Gasteiger partial charge in [-0.15, -0.1) is 0 Å². The van der Waals surface area contributed by atoms with Crippen molar-refractivity contribution in [2.45, 2.75) is 44.6 Å². The molecule has 0 bridgehead atoms. The maximum atomic E-state index is 3.54. The molecule has 1 heterocycles. The molecule has 1 unspecified atom stereocenters. The predicted molar refractivity (Wildman–Crippen MR) is 55.9 cm³/mol. The second-order valence-corrected chi connectivity index (χ2v) is 4.56. The van der Waals surface area contributed by atoms with E-state index in [1.54, 1.807) is 0 Å². The molecule has 1 atom stereocenters. The van der Waals surface area contributed by atoms with Gasteiger partial charge < -0.3 is 10.6 Å². The summed E-state index contributed by atoms with van der Waals surface area (Å²) in [6, 6.07) is 0.813. The number of nitrogens with one attached hydrogen (secondary N) is 2. The molecule has 2 fully saturated rings. The number of hydrogen-bond donors (Lipinski definition) is 2. The van der Waals surface area contributed by atoms with E-state index in [0.29, 0.717) is 0 Å². The van der Waals surface area contributed by atoms with Crippen LogP contribution in [0.1, 0.15) is 38.5 Å². The van der Waals surface area contributed by atoms with E-state index in [1.807, 2.05) is 0 Å². The Hall–Kier alpha value is -0.0800. The fourth-order valence-electron chi connectivity index (χ4n) is 2.12. The van der Waals surface area contributed by atoms with Crippen molar-refractivity contribution in [3.63, 3.8) is 0 Å². The fourth-order valence-corrected chi connectivity index (χ4v) is 2.12. The second-order valence-electron chi connectivity index (χ2n) is 4.56. The van der Waals surface area contributed by atoms with Crippen molar-refractivity contribution in [3.8, 4) is 0 Å². The highest BCUT2D eigenvalue weighted by Crippen LogP contribution is 2.31. The van der Waals surface area contributed by atoms with Gasteiger partial charge in [0.1, 0.15) is 0 Å². The van der Waals surface area contributed by atoms with Crippen LogP contribution in [0.15, 0.2) is 0 Å². The molecule has 1 saturated heterocycles. The highest BCUT2D eigenvalue weighted by Gasteiger charge is 2.20. The molecule has 0 aromatic heterocycles. The standard InChI is InChI=1S/C11H22N2/c1-2-11(13-7-1)6-9-12-8-5-10-3-4-10/h10-13H,1-9H2. The molecule has 0 amide bonds. The second kappa shape index (κ2) is 4.97. The Balaban J connectivity index is 1.39. The van der Waals surface area contributed by atoms with Crippen LogP contribution in [0.5, 0.6) is 0 Å². The highest BCUT2D eigenvalue weighted by atomic mass is 14.9. The van der Waals surface area contributed by atoms with Gasteiger partial charge in [0.2, 0.25) is 0 Å². The summed E-state index contributed by atoms with van der Waals surface area (Å²) >= 11 is 0. The summed E-state index contributed by atoms with van der Waals surface area (Å²) in [5.74, 6) is 1.08. The molecule has 1 saturated carbocycles. The van der Waals surface area contributed by atoms with Crippen molar-refractivity contribution in [3.05, 3.63) is 0 Å². The minimum Gasteiger partial charge on any atom is -0.317 e. The zero-order chi connectivity index (χ0) is 8.93. The monoisotopic (exact) mass is 182 g/mol. The Morgan fingerprint density at radius 2 is 1.92 bits per heavy atom. The topological polar surface area (TPSA) is 24.1 Å². The molecule has 2 rings (SSSR count). The molecule has 2 heteroatoms. The van der Waals surface area contributed by atoms with E-state index < -0.39 is 0 Å². The van der Waals surface area contributed by atoms with Gasteiger partial charge in [0.25, 0.3) is 0 Å². The number of rotatable bonds is 6. The summed E-state index contributed by atoms with van der Waals surface area (Å²) in [5, 5.41) is 7.07. The molecule has 1 aliphatic carbocycles. The van der Waals surface area contributed by atoms with Crippen LogP contribution in [0.4, 0.5) is 0 Å². The Kier molecular flexibility index (Phi) is 3.62. The van der Waals surface area contributed by atoms with Gasteiger partial charge in [0.15, 0.2) is 0 Å². The summed E-state index contributed by atoms with van der Waals surface area (Å²) in [5.41, 5.74) is 0. The van der Waals surface area contributed by atoms with Gasteiger partial charge in [-0.3, -0.25) is 0 Å². The largest absolute Gasteiger partial charge is 0.317 e. The van der Waals surface area contributed by atoms with Gasteiger partial charge in [-0.1, -0.05) is 12.8 Å². The van der Waals surface area contributed by atoms with Gasteiger partial charge in [0.05, 0.1) is 0 Å². The first kappa shape index (κ1) is 9.47. The molecule has 1 aliphatic heterocycles. The smallest absolute Gasteiger partial charge is 0.00796 e. The first-order valence-corrected chi connectivity index (χ1v) is 5.89. The van der Waals surface area contributed by atoms with Crippen LogP contribution in [0.2, 0.25) is 0 Å². The van der Waals surface area contributed by atoms with Crippen molar-refractivity contribution in [1.29, 1.82) is 0 Å². The lowest BCUT2D eigenvalue weighted by Crippen LogP contribution is -2.27. The first-order valence-electron chi connectivity index (χ1n) is 5.89. The van der Waals surface area contributed by atoms with Crippen molar-refractivity contribution in [2.24, 2.45) is 5.92 Å². The van der Waals surface area contributed by atoms with E-state index in [4.69, 9.17) is 0 Å². The van der Waals surface area contributed by atoms with Gasteiger partial charge in [0, 0.05) is 6.04 Å². The maximum Gasteiger partial charge on any atom is 0.00796 e. The third kappa shape index (κ3) is 3.65. The van der Waals surface area contributed by atoms with E-state index in [-0.39, 0.29) is 0 Å². The molecule has 2 nitrogen and oxygen atoms in total. The first-order chi connectivity index (χ1) is 6.45. The van der Waals surface area contributed by atoms with Gasteiger partial charge in [-0.2, -0.15) is 0 Å². The Labute approximate surface area is 81.5 Å². The van der Waals surface area contributed by atoms with Gasteiger partial charge >= 0.3 is 0 Å².